The molecule has 1 aromatic heterocycles. The van der Waals surface area contributed by atoms with Crippen molar-refractivity contribution >= 4 is 53.0 Å². The Kier molecular flexibility index (Phi) is 11.1. The predicted octanol–water partition coefficient (Wildman–Crippen LogP) is 4.22. The van der Waals surface area contributed by atoms with Crippen LogP contribution in [0.4, 0.5) is 0 Å². The fraction of sp³-hybridized carbons (Fsp3) is 0.762. The van der Waals surface area contributed by atoms with Gasteiger partial charge in [-0.1, -0.05) is 13.0 Å². The minimum atomic E-state index is 0. The first-order valence-electron chi connectivity index (χ1n) is 10.6. The second-order valence-corrected chi connectivity index (χ2v) is 10.6. The van der Waals surface area contributed by atoms with Crippen molar-refractivity contribution in [3.05, 3.63) is 22.4 Å². The number of hydrogen-bond donors (Lipinski definition) is 2. The molecule has 0 spiro atoms. The van der Waals surface area contributed by atoms with Gasteiger partial charge in [0, 0.05) is 49.0 Å². The number of nitrogens with one attached hydrogen (secondary N) is 2. The van der Waals surface area contributed by atoms with Crippen LogP contribution in [-0.2, 0) is 4.74 Å². The van der Waals surface area contributed by atoms with Gasteiger partial charge in [0.05, 0.1) is 0 Å². The molecule has 1 aromatic rings. The average Bonchev–Trinajstić information content (AvgIpc) is 3.23. The van der Waals surface area contributed by atoms with Gasteiger partial charge in [-0.3, -0.25) is 9.89 Å². The van der Waals surface area contributed by atoms with E-state index < -0.39 is 0 Å². The first-order valence-corrected chi connectivity index (χ1v) is 12.4. The fourth-order valence-corrected chi connectivity index (χ4v) is 6.72. The molecular formula is C21H37IN4OS2. The average molecular weight is 553 g/mol. The molecule has 3 rings (SSSR count). The van der Waals surface area contributed by atoms with Crippen molar-refractivity contribution in [3.8, 4) is 0 Å². The Bertz CT molecular complexity index is 602. The first-order chi connectivity index (χ1) is 13.7. The molecule has 2 aliphatic heterocycles. The summed E-state index contributed by atoms with van der Waals surface area (Å²) in [7, 11) is 4.14. The lowest BCUT2D eigenvalue weighted by Crippen LogP contribution is -2.50. The number of guanidine groups is 1. The lowest BCUT2D eigenvalue weighted by molar-refractivity contribution is 0.0781. The Hall–Kier alpha value is -0.0300. The Morgan fingerprint density at radius 3 is 2.83 bits per heavy atom. The van der Waals surface area contributed by atoms with E-state index in [0.717, 1.165) is 50.9 Å². The quantitative estimate of drug-likeness (QED) is 0.302. The Morgan fingerprint density at radius 2 is 2.17 bits per heavy atom. The molecule has 5 nitrogen and oxygen atoms in total. The van der Waals surface area contributed by atoms with Crippen LogP contribution in [0.2, 0.25) is 0 Å². The lowest BCUT2D eigenvalue weighted by atomic mass is 9.88. The molecule has 29 heavy (non-hydrogen) atoms. The highest BCUT2D eigenvalue weighted by molar-refractivity contribution is 14.0. The zero-order chi connectivity index (χ0) is 19.8. The van der Waals surface area contributed by atoms with Gasteiger partial charge in [-0.15, -0.1) is 35.3 Å². The summed E-state index contributed by atoms with van der Waals surface area (Å²) in [5.74, 6) is 2.68. The Balaban J connectivity index is 0.00000300. The van der Waals surface area contributed by atoms with Crippen molar-refractivity contribution < 1.29 is 4.74 Å². The maximum absolute atomic E-state index is 5.60. The van der Waals surface area contributed by atoms with E-state index in [1.165, 1.54) is 24.3 Å². The molecule has 2 atom stereocenters. The molecule has 0 amide bonds. The molecule has 0 bridgehead atoms. The number of thioether (sulfide) groups is 1. The first kappa shape index (κ1) is 25.2. The lowest BCUT2D eigenvalue weighted by Gasteiger charge is -2.39. The molecule has 2 unspecified atom stereocenters. The third-order valence-electron chi connectivity index (χ3n) is 6.03. The predicted molar refractivity (Wildman–Crippen MR) is 138 cm³/mol. The van der Waals surface area contributed by atoms with Gasteiger partial charge in [-0.05, 0) is 62.4 Å². The normalized spacial score (nSPS) is 25.3. The number of halogens is 1. The molecule has 0 saturated carbocycles. The summed E-state index contributed by atoms with van der Waals surface area (Å²) >= 11 is 3.95. The van der Waals surface area contributed by atoms with Gasteiger partial charge in [-0.25, -0.2) is 0 Å². The Labute approximate surface area is 201 Å². The van der Waals surface area contributed by atoms with Crippen LogP contribution in [0.1, 0.15) is 43.5 Å². The molecule has 8 heteroatoms. The third-order valence-corrected chi connectivity index (χ3v) is 8.43. The Morgan fingerprint density at radius 1 is 1.38 bits per heavy atom. The van der Waals surface area contributed by atoms with Crippen molar-refractivity contribution in [1.82, 2.24) is 15.5 Å². The summed E-state index contributed by atoms with van der Waals surface area (Å²) in [6.45, 7) is 7.09. The van der Waals surface area contributed by atoms with Gasteiger partial charge in [0.2, 0.25) is 0 Å². The number of likely N-dealkylation sites (tertiary alicyclic amines) is 1. The summed E-state index contributed by atoms with van der Waals surface area (Å²) in [6, 6.07) is 4.97. The van der Waals surface area contributed by atoms with Crippen molar-refractivity contribution in [2.24, 2.45) is 10.9 Å². The van der Waals surface area contributed by atoms with Gasteiger partial charge >= 0.3 is 0 Å². The number of nitrogens with zero attached hydrogens (tertiary/aromatic N) is 2. The van der Waals surface area contributed by atoms with Crippen LogP contribution in [0.3, 0.4) is 0 Å². The largest absolute Gasteiger partial charge is 0.381 e. The number of thiophene rings is 1. The summed E-state index contributed by atoms with van der Waals surface area (Å²) in [6.07, 6.45) is 4.77. The molecule has 166 valence electrons. The second-order valence-electron chi connectivity index (χ2n) is 7.88. The zero-order valence-electron chi connectivity index (χ0n) is 18.0. The number of hydrogen-bond acceptors (Lipinski definition) is 5. The molecule has 0 aliphatic carbocycles. The number of ether oxygens (including phenoxy) is 1. The van der Waals surface area contributed by atoms with E-state index in [4.69, 9.17) is 4.74 Å². The van der Waals surface area contributed by atoms with Crippen molar-refractivity contribution in [3.63, 3.8) is 0 Å². The maximum atomic E-state index is 5.60. The van der Waals surface area contributed by atoms with Crippen molar-refractivity contribution in [2.75, 3.05) is 52.7 Å². The fourth-order valence-electron chi connectivity index (χ4n) is 4.50. The van der Waals surface area contributed by atoms with Crippen molar-refractivity contribution in [1.29, 1.82) is 0 Å². The molecule has 0 radical (unpaired) electrons. The van der Waals surface area contributed by atoms with Gasteiger partial charge in [0.25, 0.3) is 0 Å². The van der Waals surface area contributed by atoms with E-state index in [1.54, 1.807) is 0 Å². The van der Waals surface area contributed by atoms with Crippen LogP contribution in [0, 0.1) is 5.92 Å². The summed E-state index contributed by atoms with van der Waals surface area (Å²) in [5, 5.41) is 9.44. The van der Waals surface area contributed by atoms with E-state index in [-0.39, 0.29) is 28.7 Å². The van der Waals surface area contributed by atoms with Crippen LogP contribution in [0.25, 0.3) is 0 Å². The highest BCUT2D eigenvalue weighted by Crippen LogP contribution is 2.37. The second kappa shape index (κ2) is 12.7. The molecule has 3 heterocycles. The smallest absolute Gasteiger partial charge is 0.191 e. The SMILES string of the molecule is CCSC1(CNC(=NC)NCC2CCCN(C)C2c2cccs2)CCOCC1.I. The minimum absolute atomic E-state index is 0. The molecule has 2 saturated heterocycles. The molecular weight excluding hydrogens is 515 g/mol. The number of rotatable bonds is 7. The third kappa shape index (κ3) is 6.98. The van der Waals surface area contributed by atoms with E-state index in [9.17, 15) is 0 Å². The van der Waals surface area contributed by atoms with E-state index in [1.807, 2.05) is 18.4 Å². The van der Waals surface area contributed by atoms with Crippen LogP contribution in [0.5, 0.6) is 0 Å². The standard InChI is InChI=1S/C21H36N4OS2.HI/c1-4-28-21(9-12-26-13-10-21)16-24-20(22-2)23-15-17-7-5-11-25(3)19(17)18-8-6-14-27-18;/h6,8,14,17,19H,4-5,7,9-13,15-16H2,1-3H3,(H2,22,23,24);1H. The summed E-state index contributed by atoms with van der Waals surface area (Å²) in [5.41, 5.74) is 0. The van der Waals surface area contributed by atoms with Crippen LogP contribution < -0.4 is 10.6 Å². The zero-order valence-corrected chi connectivity index (χ0v) is 21.9. The van der Waals surface area contributed by atoms with Crippen LogP contribution >= 0.6 is 47.1 Å². The maximum Gasteiger partial charge on any atom is 0.191 e. The highest BCUT2D eigenvalue weighted by atomic mass is 127. The summed E-state index contributed by atoms with van der Waals surface area (Å²) in [4.78, 5) is 8.50. The van der Waals surface area contributed by atoms with E-state index in [0.29, 0.717) is 12.0 Å². The van der Waals surface area contributed by atoms with E-state index in [2.05, 4.69) is 63.8 Å². The van der Waals surface area contributed by atoms with Gasteiger partial charge in [0.15, 0.2) is 5.96 Å². The minimum Gasteiger partial charge on any atom is -0.381 e. The number of aliphatic imine (C=N–C) groups is 1. The monoisotopic (exact) mass is 552 g/mol. The van der Waals surface area contributed by atoms with Gasteiger partial charge in [-0.2, -0.15) is 11.8 Å². The molecule has 2 fully saturated rings. The highest BCUT2D eigenvalue weighted by Gasteiger charge is 2.33. The number of piperidine rings is 1. The van der Waals surface area contributed by atoms with Gasteiger partial charge in [0.1, 0.15) is 0 Å². The van der Waals surface area contributed by atoms with Crippen molar-refractivity contribution in [2.45, 2.75) is 43.4 Å². The topological polar surface area (TPSA) is 48.9 Å². The molecule has 0 aromatic carbocycles. The van der Waals surface area contributed by atoms with Crippen LogP contribution in [0.15, 0.2) is 22.5 Å². The van der Waals surface area contributed by atoms with Gasteiger partial charge < -0.3 is 15.4 Å². The molecule has 2 aliphatic rings. The summed E-state index contributed by atoms with van der Waals surface area (Å²) < 4.78 is 5.87. The van der Waals surface area contributed by atoms with E-state index >= 15 is 0 Å². The molecule has 2 N–H and O–H groups in total. The van der Waals surface area contributed by atoms with Crippen LogP contribution in [-0.4, -0.2) is 68.3 Å².